The first kappa shape index (κ1) is 15.8. The van der Waals surface area contributed by atoms with Crippen LogP contribution in [-0.4, -0.2) is 34.2 Å². The molecule has 1 aliphatic rings. The normalized spacial score (nSPS) is 15.1. The Labute approximate surface area is 129 Å². The molecule has 0 bridgehead atoms. The summed E-state index contributed by atoms with van der Waals surface area (Å²) in [4.78, 5) is 25.1. The maximum Gasteiger partial charge on any atom is 0.273 e. The zero-order valence-corrected chi connectivity index (χ0v) is 12.8. The monoisotopic (exact) mass is 310 g/mol. The van der Waals surface area contributed by atoms with E-state index in [1.54, 1.807) is 24.0 Å². The number of alkyl halides is 1. The van der Waals surface area contributed by atoms with Crippen LogP contribution in [0.2, 0.25) is 0 Å². The highest BCUT2D eigenvalue weighted by Gasteiger charge is 2.29. The van der Waals surface area contributed by atoms with Crippen LogP contribution in [0.1, 0.15) is 41.6 Å². The lowest BCUT2D eigenvalue weighted by Gasteiger charge is -2.28. The molecule has 6 heteroatoms. The molecule has 0 saturated heterocycles. The van der Waals surface area contributed by atoms with E-state index >= 15 is 0 Å². The molecule has 1 amide bonds. The van der Waals surface area contributed by atoms with E-state index in [1.807, 2.05) is 0 Å². The van der Waals surface area contributed by atoms with Gasteiger partial charge in [-0.3, -0.25) is 14.9 Å². The summed E-state index contributed by atoms with van der Waals surface area (Å²) >= 11 is 5.83. The van der Waals surface area contributed by atoms with Gasteiger partial charge in [0.25, 0.3) is 11.6 Å². The van der Waals surface area contributed by atoms with Crippen LogP contribution >= 0.6 is 11.6 Å². The molecule has 1 aliphatic carbocycles. The first-order valence-corrected chi connectivity index (χ1v) is 7.70. The number of halogens is 1. The fourth-order valence-electron chi connectivity index (χ4n) is 2.96. The van der Waals surface area contributed by atoms with Gasteiger partial charge in [-0.05, 0) is 25.8 Å². The number of nitro benzene ring substituents is 1. The Bertz CT molecular complexity index is 542. The average Bonchev–Trinajstić information content (AvgIpc) is 2.98. The van der Waals surface area contributed by atoms with Crippen molar-refractivity contribution in [1.82, 2.24) is 4.90 Å². The van der Waals surface area contributed by atoms with Gasteiger partial charge in [0.1, 0.15) is 0 Å². The maximum atomic E-state index is 12.8. The van der Waals surface area contributed by atoms with E-state index < -0.39 is 4.92 Å². The molecule has 0 N–H and O–H groups in total. The Hall–Kier alpha value is -1.62. The van der Waals surface area contributed by atoms with E-state index in [2.05, 4.69) is 0 Å². The molecule has 0 aliphatic heterocycles. The lowest BCUT2D eigenvalue weighted by molar-refractivity contribution is -0.385. The van der Waals surface area contributed by atoms with Gasteiger partial charge in [0.05, 0.1) is 4.92 Å². The molecule has 21 heavy (non-hydrogen) atoms. The maximum absolute atomic E-state index is 12.8. The number of carbonyl (C=O) groups excluding carboxylic acids is 1. The molecule has 0 unspecified atom stereocenters. The Kier molecular flexibility index (Phi) is 5.17. The lowest BCUT2D eigenvalue weighted by atomic mass is 10.0. The summed E-state index contributed by atoms with van der Waals surface area (Å²) in [5, 5.41) is 11.0. The minimum atomic E-state index is -0.451. The van der Waals surface area contributed by atoms with Crippen LogP contribution in [0, 0.1) is 17.0 Å². The zero-order chi connectivity index (χ0) is 15.4. The van der Waals surface area contributed by atoms with Crippen molar-refractivity contribution in [1.29, 1.82) is 0 Å². The fraction of sp³-hybridized carbons (Fsp3) is 0.533. The van der Waals surface area contributed by atoms with Crippen molar-refractivity contribution in [3.8, 4) is 0 Å². The van der Waals surface area contributed by atoms with Gasteiger partial charge >= 0.3 is 0 Å². The number of benzene rings is 1. The summed E-state index contributed by atoms with van der Waals surface area (Å²) in [7, 11) is 0. The predicted molar refractivity (Wildman–Crippen MR) is 81.8 cm³/mol. The van der Waals surface area contributed by atoms with Gasteiger partial charge < -0.3 is 4.90 Å². The zero-order valence-electron chi connectivity index (χ0n) is 12.0. The van der Waals surface area contributed by atoms with Crippen LogP contribution in [0.4, 0.5) is 5.69 Å². The largest absolute Gasteiger partial charge is 0.334 e. The SMILES string of the molecule is Cc1c(C(=O)N(CCCl)C2CCCC2)cccc1[N+](=O)[O-]. The summed E-state index contributed by atoms with van der Waals surface area (Å²) in [5.41, 5.74) is 0.810. The fourth-order valence-corrected chi connectivity index (χ4v) is 3.15. The van der Waals surface area contributed by atoms with E-state index in [9.17, 15) is 14.9 Å². The van der Waals surface area contributed by atoms with Gasteiger partial charge in [0, 0.05) is 35.7 Å². The van der Waals surface area contributed by atoms with E-state index in [-0.39, 0.29) is 17.6 Å². The summed E-state index contributed by atoms with van der Waals surface area (Å²) in [5.74, 6) is 0.222. The Morgan fingerprint density at radius 1 is 1.43 bits per heavy atom. The number of nitrogens with zero attached hydrogens (tertiary/aromatic N) is 2. The summed E-state index contributed by atoms with van der Waals surface area (Å²) in [6.07, 6.45) is 4.20. The van der Waals surface area contributed by atoms with Gasteiger partial charge in [-0.25, -0.2) is 0 Å². The van der Waals surface area contributed by atoms with Crippen LogP contribution in [-0.2, 0) is 0 Å². The van der Waals surface area contributed by atoms with Crippen molar-refractivity contribution in [3.05, 3.63) is 39.4 Å². The third-order valence-corrected chi connectivity index (χ3v) is 4.25. The number of hydrogen-bond acceptors (Lipinski definition) is 3. The van der Waals surface area contributed by atoms with Crippen molar-refractivity contribution in [2.45, 2.75) is 38.6 Å². The molecule has 1 fully saturated rings. The van der Waals surface area contributed by atoms with Crippen molar-refractivity contribution in [3.63, 3.8) is 0 Å². The molecule has 0 radical (unpaired) electrons. The van der Waals surface area contributed by atoms with Gasteiger partial charge in [0.2, 0.25) is 0 Å². The number of nitro groups is 1. The molecule has 1 aromatic carbocycles. The molecule has 114 valence electrons. The lowest BCUT2D eigenvalue weighted by Crippen LogP contribution is -2.40. The molecular weight excluding hydrogens is 292 g/mol. The second-order valence-electron chi connectivity index (χ2n) is 5.33. The molecule has 0 atom stereocenters. The second-order valence-corrected chi connectivity index (χ2v) is 5.71. The summed E-state index contributed by atoms with van der Waals surface area (Å²) < 4.78 is 0. The van der Waals surface area contributed by atoms with Gasteiger partial charge in [-0.15, -0.1) is 11.6 Å². The summed E-state index contributed by atoms with van der Waals surface area (Å²) in [6.45, 7) is 2.10. The van der Waals surface area contributed by atoms with Crippen LogP contribution in [0.5, 0.6) is 0 Å². The highest BCUT2D eigenvalue weighted by molar-refractivity contribution is 6.18. The molecule has 0 aromatic heterocycles. The van der Waals surface area contributed by atoms with Crippen molar-refractivity contribution in [2.75, 3.05) is 12.4 Å². The number of carbonyl (C=O) groups is 1. The van der Waals surface area contributed by atoms with E-state index in [1.165, 1.54) is 6.07 Å². The first-order chi connectivity index (χ1) is 10.1. The smallest absolute Gasteiger partial charge is 0.273 e. The van der Waals surface area contributed by atoms with Gasteiger partial charge in [-0.2, -0.15) is 0 Å². The molecule has 2 rings (SSSR count). The number of rotatable bonds is 5. The van der Waals surface area contributed by atoms with Crippen LogP contribution in [0.3, 0.4) is 0 Å². The highest BCUT2D eigenvalue weighted by atomic mass is 35.5. The minimum Gasteiger partial charge on any atom is -0.334 e. The Morgan fingerprint density at radius 2 is 2.10 bits per heavy atom. The number of amides is 1. The predicted octanol–water partition coefficient (Wildman–Crippen LogP) is 3.53. The molecule has 1 aromatic rings. The van der Waals surface area contributed by atoms with Crippen molar-refractivity contribution < 1.29 is 9.72 Å². The van der Waals surface area contributed by atoms with Gasteiger partial charge in [-0.1, -0.05) is 18.9 Å². The van der Waals surface area contributed by atoms with Crippen molar-refractivity contribution in [2.24, 2.45) is 0 Å². The third-order valence-electron chi connectivity index (χ3n) is 4.08. The topological polar surface area (TPSA) is 63.5 Å². The molecule has 0 spiro atoms. The second kappa shape index (κ2) is 6.89. The molecule has 5 nitrogen and oxygen atoms in total. The third kappa shape index (κ3) is 3.35. The van der Waals surface area contributed by atoms with Crippen LogP contribution in [0.15, 0.2) is 18.2 Å². The quantitative estimate of drug-likeness (QED) is 0.475. The van der Waals surface area contributed by atoms with E-state index in [0.29, 0.717) is 23.6 Å². The Morgan fingerprint density at radius 3 is 2.67 bits per heavy atom. The molecular formula is C15H19ClN2O3. The minimum absolute atomic E-state index is 0.0157. The highest BCUT2D eigenvalue weighted by Crippen LogP contribution is 2.27. The number of hydrogen-bond donors (Lipinski definition) is 0. The van der Waals surface area contributed by atoms with Gasteiger partial charge in [0.15, 0.2) is 0 Å². The standard InChI is InChI=1S/C15H19ClN2O3/c1-11-13(7-4-8-14(11)18(20)21)15(19)17(10-9-16)12-5-2-3-6-12/h4,7-8,12H,2-3,5-6,9-10H2,1H3. The van der Waals surface area contributed by atoms with Crippen molar-refractivity contribution >= 4 is 23.2 Å². The van der Waals surface area contributed by atoms with Crippen LogP contribution in [0.25, 0.3) is 0 Å². The molecule has 0 heterocycles. The van der Waals surface area contributed by atoms with Crippen LogP contribution < -0.4 is 0 Å². The Balaban J connectivity index is 2.32. The van der Waals surface area contributed by atoms with E-state index in [0.717, 1.165) is 25.7 Å². The molecule has 1 saturated carbocycles. The summed E-state index contributed by atoms with van der Waals surface area (Å²) in [6, 6.07) is 4.84. The average molecular weight is 311 g/mol. The van der Waals surface area contributed by atoms with E-state index in [4.69, 9.17) is 11.6 Å². The first-order valence-electron chi connectivity index (χ1n) is 7.17.